The van der Waals surface area contributed by atoms with Crippen LogP contribution in [0.2, 0.25) is 0 Å². The van der Waals surface area contributed by atoms with Crippen LogP contribution in [0.25, 0.3) is 27.7 Å². The fourth-order valence-corrected chi connectivity index (χ4v) is 4.41. The Morgan fingerprint density at radius 1 is 0.964 bits per heavy atom. The minimum absolute atomic E-state index is 0.0311. The fourth-order valence-electron chi connectivity index (χ4n) is 4.41. The molecule has 4 heteroatoms. The lowest BCUT2D eigenvalue weighted by molar-refractivity contribution is 0.653. The molecule has 3 heterocycles. The topological polar surface area (TPSA) is 39.8 Å². The average molecular weight is 369 g/mol. The van der Waals surface area contributed by atoms with Gasteiger partial charge in [-0.05, 0) is 68.0 Å². The first-order valence-electron chi connectivity index (χ1n) is 9.88. The van der Waals surface area contributed by atoms with Gasteiger partial charge in [-0.2, -0.15) is 0 Å². The second kappa shape index (κ2) is 6.48. The lowest BCUT2D eigenvalue weighted by Gasteiger charge is -2.12. The van der Waals surface area contributed by atoms with Gasteiger partial charge in [0.05, 0.1) is 11.2 Å². The van der Waals surface area contributed by atoms with E-state index in [0.717, 1.165) is 35.3 Å². The predicted octanol–water partition coefficient (Wildman–Crippen LogP) is 4.58. The Morgan fingerprint density at radius 3 is 2.61 bits per heavy atom. The first kappa shape index (κ1) is 17.0. The second-order valence-corrected chi connectivity index (χ2v) is 7.70. The quantitative estimate of drug-likeness (QED) is 0.519. The summed E-state index contributed by atoms with van der Waals surface area (Å²) in [7, 11) is 2.15. The highest BCUT2D eigenvalue weighted by molar-refractivity contribution is 5.87. The van der Waals surface area contributed by atoms with E-state index in [0.29, 0.717) is 0 Å². The standard InChI is InChI=1S/C24H23N3O/c1-16-7-8-18(15-25-16)17-11-12-27(24(28)13-17)19-9-10-21-20-5-3-4-6-22(20)26(2)23(21)14-19/h7-15H,3-6H2,1-2H3. The van der Waals surface area contributed by atoms with E-state index in [9.17, 15) is 4.79 Å². The molecule has 0 aliphatic heterocycles. The number of hydrogen-bond acceptors (Lipinski definition) is 2. The van der Waals surface area contributed by atoms with E-state index in [1.807, 2.05) is 37.5 Å². The summed E-state index contributed by atoms with van der Waals surface area (Å²) in [6.45, 7) is 1.96. The molecule has 0 unspecified atom stereocenters. The molecule has 0 atom stereocenters. The van der Waals surface area contributed by atoms with Crippen molar-refractivity contribution in [2.45, 2.75) is 32.6 Å². The molecule has 0 radical (unpaired) electrons. The van der Waals surface area contributed by atoms with E-state index >= 15 is 0 Å². The first-order valence-corrected chi connectivity index (χ1v) is 9.88. The molecule has 0 bridgehead atoms. The van der Waals surface area contributed by atoms with Crippen LogP contribution in [0.1, 0.15) is 29.8 Å². The minimum atomic E-state index is -0.0311. The summed E-state index contributed by atoms with van der Waals surface area (Å²) in [4.78, 5) is 17.2. The maximum Gasteiger partial charge on any atom is 0.255 e. The maximum absolute atomic E-state index is 12.8. The number of fused-ring (bicyclic) bond motifs is 3. The minimum Gasteiger partial charge on any atom is -0.347 e. The molecule has 0 spiro atoms. The number of rotatable bonds is 2. The van der Waals surface area contributed by atoms with Crippen molar-refractivity contribution in [3.8, 4) is 16.8 Å². The van der Waals surface area contributed by atoms with Crippen LogP contribution in [-0.4, -0.2) is 14.1 Å². The van der Waals surface area contributed by atoms with Crippen LogP contribution in [0.4, 0.5) is 0 Å². The van der Waals surface area contributed by atoms with Crippen LogP contribution in [0, 0.1) is 6.92 Å². The Morgan fingerprint density at radius 2 is 1.82 bits per heavy atom. The lowest BCUT2D eigenvalue weighted by Crippen LogP contribution is -2.16. The van der Waals surface area contributed by atoms with Crippen LogP contribution in [0.15, 0.2) is 59.7 Å². The molecule has 1 aliphatic carbocycles. The first-order chi connectivity index (χ1) is 13.6. The van der Waals surface area contributed by atoms with Gasteiger partial charge in [0, 0.05) is 47.8 Å². The van der Waals surface area contributed by atoms with Crippen molar-refractivity contribution >= 4 is 10.9 Å². The van der Waals surface area contributed by atoms with Crippen molar-refractivity contribution in [2.75, 3.05) is 0 Å². The van der Waals surface area contributed by atoms with Crippen molar-refractivity contribution in [2.24, 2.45) is 7.05 Å². The molecule has 0 saturated heterocycles. The number of aromatic nitrogens is 3. The van der Waals surface area contributed by atoms with Gasteiger partial charge in [-0.15, -0.1) is 0 Å². The van der Waals surface area contributed by atoms with Gasteiger partial charge >= 0.3 is 0 Å². The average Bonchev–Trinajstić information content (AvgIpc) is 3.01. The highest BCUT2D eigenvalue weighted by atomic mass is 16.1. The summed E-state index contributed by atoms with van der Waals surface area (Å²) in [5.41, 5.74) is 7.85. The third kappa shape index (κ3) is 2.68. The molecule has 3 aromatic heterocycles. The third-order valence-electron chi connectivity index (χ3n) is 5.95. The highest BCUT2D eigenvalue weighted by Crippen LogP contribution is 2.32. The molecule has 0 amide bonds. The molecule has 28 heavy (non-hydrogen) atoms. The summed E-state index contributed by atoms with van der Waals surface area (Å²) < 4.78 is 4.03. The van der Waals surface area contributed by atoms with E-state index in [4.69, 9.17) is 0 Å². The number of benzene rings is 1. The fraction of sp³-hybridized carbons (Fsp3) is 0.250. The van der Waals surface area contributed by atoms with E-state index in [-0.39, 0.29) is 5.56 Å². The van der Waals surface area contributed by atoms with Gasteiger partial charge in [0.25, 0.3) is 5.56 Å². The molecule has 0 fully saturated rings. The van der Waals surface area contributed by atoms with Crippen molar-refractivity contribution in [1.29, 1.82) is 0 Å². The Hall–Kier alpha value is -3.14. The number of pyridine rings is 2. The SMILES string of the molecule is Cc1ccc(-c2ccn(-c3ccc4c5c(n(C)c4c3)CCCC5)c(=O)c2)cn1. The largest absolute Gasteiger partial charge is 0.347 e. The summed E-state index contributed by atoms with van der Waals surface area (Å²) >= 11 is 0. The van der Waals surface area contributed by atoms with Gasteiger partial charge in [-0.25, -0.2) is 0 Å². The molecule has 1 aromatic carbocycles. The molecule has 4 nitrogen and oxygen atoms in total. The van der Waals surface area contributed by atoms with Crippen molar-refractivity contribution in [3.63, 3.8) is 0 Å². The molecule has 0 saturated carbocycles. The Kier molecular flexibility index (Phi) is 3.93. The maximum atomic E-state index is 12.8. The van der Waals surface area contributed by atoms with Crippen molar-refractivity contribution in [1.82, 2.24) is 14.1 Å². The Bertz CT molecular complexity index is 1250. The summed E-state index contributed by atoms with van der Waals surface area (Å²) in [6, 6.07) is 14.0. The van der Waals surface area contributed by atoms with Crippen LogP contribution in [-0.2, 0) is 19.9 Å². The molecule has 0 N–H and O–H groups in total. The van der Waals surface area contributed by atoms with Crippen LogP contribution < -0.4 is 5.56 Å². The van der Waals surface area contributed by atoms with Gasteiger partial charge in [0.2, 0.25) is 0 Å². The van der Waals surface area contributed by atoms with E-state index in [2.05, 4.69) is 34.8 Å². The van der Waals surface area contributed by atoms with Gasteiger partial charge < -0.3 is 4.57 Å². The molecular formula is C24H23N3O. The summed E-state index contributed by atoms with van der Waals surface area (Å²) in [5.74, 6) is 0. The number of aryl methyl sites for hydroxylation is 3. The van der Waals surface area contributed by atoms with Gasteiger partial charge in [0.15, 0.2) is 0 Å². The smallest absolute Gasteiger partial charge is 0.255 e. The van der Waals surface area contributed by atoms with Crippen LogP contribution >= 0.6 is 0 Å². The van der Waals surface area contributed by atoms with Gasteiger partial charge in [-0.3, -0.25) is 14.3 Å². The summed E-state index contributed by atoms with van der Waals surface area (Å²) in [6.07, 6.45) is 8.51. The van der Waals surface area contributed by atoms with Gasteiger partial charge in [-0.1, -0.05) is 12.1 Å². The molecular weight excluding hydrogens is 346 g/mol. The van der Waals surface area contributed by atoms with E-state index in [1.54, 1.807) is 10.6 Å². The molecule has 140 valence electrons. The Balaban J connectivity index is 1.59. The Labute approximate surface area is 164 Å². The monoisotopic (exact) mass is 369 g/mol. The number of nitrogens with zero attached hydrogens (tertiary/aromatic N) is 3. The van der Waals surface area contributed by atoms with E-state index < -0.39 is 0 Å². The zero-order chi connectivity index (χ0) is 19.3. The van der Waals surface area contributed by atoms with Crippen LogP contribution in [0.3, 0.4) is 0 Å². The highest BCUT2D eigenvalue weighted by Gasteiger charge is 2.18. The molecule has 4 aromatic rings. The third-order valence-corrected chi connectivity index (χ3v) is 5.95. The molecule has 1 aliphatic rings. The van der Waals surface area contributed by atoms with E-state index in [1.165, 1.54) is 35.0 Å². The van der Waals surface area contributed by atoms with Crippen molar-refractivity contribution < 1.29 is 0 Å². The van der Waals surface area contributed by atoms with Crippen LogP contribution in [0.5, 0.6) is 0 Å². The summed E-state index contributed by atoms with van der Waals surface area (Å²) in [5, 5.41) is 1.33. The zero-order valence-corrected chi connectivity index (χ0v) is 16.3. The van der Waals surface area contributed by atoms with Crippen molar-refractivity contribution in [3.05, 3.63) is 82.2 Å². The normalized spacial score (nSPS) is 13.6. The molecule has 5 rings (SSSR count). The number of hydrogen-bond donors (Lipinski definition) is 0. The zero-order valence-electron chi connectivity index (χ0n) is 16.3. The second-order valence-electron chi connectivity index (χ2n) is 7.70. The van der Waals surface area contributed by atoms with Gasteiger partial charge in [0.1, 0.15) is 0 Å². The lowest BCUT2D eigenvalue weighted by atomic mass is 9.95. The predicted molar refractivity (Wildman–Crippen MR) is 113 cm³/mol.